The minimum absolute atomic E-state index is 0.306. The van der Waals surface area contributed by atoms with E-state index in [1.807, 2.05) is 6.07 Å². The Labute approximate surface area is 138 Å². The van der Waals surface area contributed by atoms with Crippen molar-refractivity contribution in [2.24, 2.45) is 5.41 Å². The van der Waals surface area contributed by atoms with E-state index in [-0.39, 0.29) is 0 Å². The maximum absolute atomic E-state index is 5.31. The molecular formula is C18H30BrNO. The molecule has 1 unspecified atom stereocenters. The molecule has 0 spiro atoms. The Kier molecular flexibility index (Phi) is 7.75. The number of hydrogen-bond acceptors (Lipinski definition) is 2. The molecule has 0 aliphatic carbocycles. The summed E-state index contributed by atoms with van der Waals surface area (Å²) in [5, 5.41) is 3.70. The van der Waals surface area contributed by atoms with Crippen LogP contribution in [0.25, 0.3) is 0 Å². The molecule has 1 N–H and O–H groups in total. The average Bonchev–Trinajstić information content (AvgIpc) is 2.43. The Morgan fingerprint density at radius 3 is 2.57 bits per heavy atom. The molecule has 0 saturated heterocycles. The Bertz CT molecular complexity index is 426. The van der Waals surface area contributed by atoms with Gasteiger partial charge in [-0.05, 0) is 61.4 Å². The molecule has 3 heteroatoms. The molecule has 120 valence electrons. The molecule has 1 aromatic carbocycles. The van der Waals surface area contributed by atoms with Crippen molar-refractivity contribution >= 4 is 15.9 Å². The normalized spacial score (nSPS) is 13.2. The van der Waals surface area contributed by atoms with Crippen molar-refractivity contribution in [2.75, 3.05) is 13.7 Å². The van der Waals surface area contributed by atoms with E-state index in [0.717, 1.165) is 18.7 Å². The van der Waals surface area contributed by atoms with Gasteiger partial charge in [-0.2, -0.15) is 0 Å². The van der Waals surface area contributed by atoms with E-state index in [1.54, 1.807) is 7.11 Å². The van der Waals surface area contributed by atoms with Crippen LogP contribution in [0.2, 0.25) is 0 Å². The van der Waals surface area contributed by atoms with Gasteiger partial charge in [-0.1, -0.05) is 43.6 Å². The molecule has 21 heavy (non-hydrogen) atoms. The summed E-state index contributed by atoms with van der Waals surface area (Å²) >= 11 is 3.64. The van der Waals surface area contributed by atoms with Crippen molar-refractivity contribution < 1.29 is 4.74 Å². The molecule has 2 nitrogen and oxygen atoms in total. The molecule has 0 aromatic heterocycles. The monoisotopic (exact) mass is 355 g/mol. The summed E-state index contributed by atoms with van der Waals surface area (Å²) in [4.78, 5) is 0. The van der Waals surface area contributed by atoms with Gasteiger partial charge >= 0.3 is 0 Å². The summed E-state index contributed by atoms with van der Waals surface area (Å²) in [7, 11) is 1.72. The second-order valence-corrected chi connectivity index (χ2v) is 7.58. The third kappa shape index (κ3) is 6.39. The van der Waals surface area contributed by atoms with Crippen LogP contribution >= 0.6 is 15.9 Å². The van der Waals surface area contributed by atoms with E-state index in [4.69, 9.17) is 4.74 Å². The number of nitrogens with one attached hydrogen (secondary N) is 1. The number of ether oxygens (including phenoxy) is 1. The molecule has 0 amide bonds. The predicted octanol–water partition coefficient (Wildman–Crippen LogP) is 5.19. The van der Waals surface area contributed by atoms with E-state index in [2.05, 4.69) is 61.1 Å². The Morgan fingerprint density at radius 2 is 2.00 bits per heavy atom. The number of halogens is 1. The largest absolute Gasteiger partial charge is 0.497 e. The summed E-state index contributed by atoms with van der Waals surface area (Å²) in [6.07, 6.45) is 4.66. The lowest BCUT2D eigenvalue weighted by atomic mass is 9.83. The second-order valence-electron chi connectivity index (χ2n) is 6.72. The molecule has 0 fully saturated rings. The number of benzene rings is 1. The predicted molar refractivity (Wildman–Crippen MR) is 95.2 cm³/mol. The Balaban J connectivity index is 2.57. The first-order valence-corrected chi connectivity index (χ1v) is 8.73. The fraction of sp³-hybridized carbons (Fsp3) is 0.667. The van der Waals surface area contributed by atoms with E-state index in [0.29, 0.717) is 11.5 Å². The maximum atomic E-state index is 5.31. The zero-order chi connectivity index (χ0) is 15.9. The fourth-order valence-corrected chi connectivity index (χ4v) is 2.97. The van der Waals surface area contributed by atoms with Crippen LogP contribution < -0.4 is 10.1 Å². The van der Waals surface area contributed by atoms with Crippen LogP contribution in [-0.2, 0) is 6.42 Å². The summed E-state index contributed by atoms with van der Waals surface area (Å²) in [5.41, 5.74) is 1.64. The van der Waals surface area contributed by atoms with Gasteiger partial charge in [0.2, 0.25) is 0 Å². The molecule has 0 saturated carbocycles. The van der Waals surface area contributed by atoms with Gasteiger partial charge in [0.15, 0.2) is 0 Å². The Hall–Kier alpha value is -0.540. The third-order valence-electron chi connectivity index (χ3n) is 3.88. The van der Waals surface area contributed by atoms with Crippen LogP contribution in [0.1, 0.15) is 52.5 Å². The van der Waals surface area contributed by atoms with Crippen LogP contribution in [0.3, 0.4) is 0 Å². The van der Waals surface area contributed by atoms with Crippen LogP contribution in [-0.4, -0.2) is 19.7 Å². The lowest BCUT2D eigenvalue weighted by Gasteiger charge is -2.32. The second kappa shape index (κ2) is 8.79. The lowest BCUT2D eigenvalue weighted by Crippen LogP contribution is -2.40. The van der Waals surface area contributed by atoms with Crippen molar-refractivity contribution in [3.05, 3.63) is 28.2 Å². The van der Waals surface area contributed by atoms with Crippen LogP contribution in [0.15, 0.2) is 22.7 Å². The van der Waals surface area contributed by atoms with E-state index in [1.165, 1.54) is 29.3 Å². The van der Waals surface area contributed by atoms with Crippen molar-refractivity contribution in [1.82, 2.24) is 5.32 Å². The molecule has 1 aromatic rings. The first-order valence-electron chi connectivity index (χ1n) is 7.94. The van der Waals surface area contributed by atoms with Gasteiger partial charge < -0.3 is 10.1 Å². The van der Waals surface area contributed by atoms with Gasteiger partial charge in [-0.3, -0.25) is 0 Å². The van der Waals surface area contributed by atoms with E-state index >= 15 is 0 Å². The van der Waals surface area contributed by atoms with Crippen molar-refractivity contribution in [3.8, 4) is 5.75 Å². The highest BCUT2D eigenvalue weighted by atomic mass is 79.9. The molecule has 1 rings (SSSR count). The van der Waals surface area contributed by atoms with Gasteiger partial charge in [0.05, 0.1) is 7.11 Å². The molecule has 0 heterocycles. The molecule has 0 radical (unpaired) electrons. The number of methoxy groups -OCH3 is 1. The minimum atomic E-state index is 0.306. The van der Waals surface area contributed by atoms with Gasteiger partial charge in [0.1, 0.15) is 5.75 Å². The smallest absolute Gasteiger partial charge is 0.119 e. The number of aryl methyl sites for hydroxylation is 1. The highest BCUT2D eigenvalue weighted by Gasteiger charge is 2.23. The average molecular weight is 356 g/mol. The van der Waals surface area contributed by atoms with Crippen LogP contribution in [0.4, 0.5) is 0 Å². The van der Waals surface area contributed by atoms with Crippen molar-refractivity contribution in [1.29, 1.82) is 0 Å². The standard InChI is InChI=1S/C18H30BrNO/c1-6-12-20-17(18(2,3)4)9-7-8-14-13-15(21-5)10-11-16(14)19/h10-11,13,17,20H,6-9,12H2,1-5H3. The Morgan fingerprint density at radius 1 is 1.29 bits per heavy atom. The van der Waals surface area contributed by atoms with Crippen LogP contribution in [0, 0.1) is 5.41 Å². The van der Waals surface area contributed by atoms with Crippen LogP contribution in [0.5, 0.6) is 5.75 Å². The minimum Gasteiger partial charge on any atom is -0.497 e. The fourth-order valence-electron chi connectivity index (χ4n) is 2.53. The maximum Gasteiger partial charge on any atom is 0.119 e. The highest BCUT2D eigenvalue weighted by molar-refractivity contribution is 9.10. The van der Waals surface area contributed by atoms with Gasteiger partial charge in [-0.25, -0.2) is 0 Å². The quantitative estimate of drug-likeness (QED) is 0.692. The van der Waals surface area contributed by atoms with Gasteiger partial charge in [-0.15, -0.1) is 0 Å². The number of hydrogen-bond donors (Lipinski definition) is 1. The SMILES string of the molecule is CCCNC(CCCc1cc(OC)ccc1Br)C(C)(C)C. The third-order valence-corrected chi connectivity index (χ3v) is 4.65. The van der Waals surface area contributed by atoms with Crippen molar-refractivity contribution in [2.45, 2.75) is 59.4 Å². The first-order chi connectivity index (χ1) is 9.88. The van der Waals surface area contributed by atoms with Gasteiger partial charge in [0.25, 0.3) is 0 Å². The molecule has 0 bridgehead atoms. The highest BCUT2D eigenvalue weighted by Crippen LogP contribution is 2.27. The van der Waals surface area contributed by atoms with E-state index in [9.17, 15) is 0 Å². The summed E-state index contributed by atoms with van der Waals surface area (Å²) in [5.74, 6) is 0.935. The molecular weight excluding hydrogens is 326 g/mol. The van der Waals surface area contributed by atoms with E-state index < -0.39 is 0 Å². The topological polar surface area (TPSA) is 21.3 Å². The molecule has 1 atom stereocenters. The zero-order valence-electron chi connectivity index (χ0n) is 14.1. The van der Waals surface area contributed by atoms with Gasteiger partial charge in [0, 0.05) is 10.5 Å². The molecule has 0 aliphatic heterocycles. The number of rotatable bonds is 8. The summed E-state index contributed by atoms with van der Waals surface area (Å²) in [6.45, 7) is 10.3. The zero-order valence-corrected chi connectivity index (χ0v) is 15.7. The van der Waals surface area contributed by atoms with Crippen molar-refractivity contribution in [3.63, 3.8) is 0 Å². The lowest BCUT2D eigenvalue weighted by molar-refractivity contribution is 0.251. The first kappa shape index (κ1) is 18.5. The summed E-state index contributed by atoms with van der Waals surface area (Å²) < 4.78 is 6.49. The summed E-state index contributed by atoms with van der Waals surface area (Å²) in [6, 6.07) is 6.77. The molecule has 0 aliphatic rings.